The van der Waals surface area contributed by atoms with Gasteiger partial charge in [-0.1, -0.05) is 18.2 Å². The number of aromatic nitrogens is 2. The van der Waals surface area contributed by atoms with Gasteiger partial charge in [0.15, 0.2) is 6.29 Å². The lowest BCUT2D eigenvalue weighted by molar-refractivity contribution is 0.112. The number of hydrogen-bond donors (Lipinski definition) is 1. The van der Waals surface area contributed by atoms with Crippen LogP contribution in [0.4, 0.5) is 0 Å². The molecule has 1 heterocycles. The number of benzene rings is 2. The van der Waals surface area contributed by atoms with Crippen LogP contribution >= 0.6 is 0 Å². The van der Waals surface area contributed by atoms with Crippen LogP contribution in [0.25, 0.3) is 11.3 Å². The normalized spacial score (nSPS) is 10.3. The molecule has 2 aromatic carbocycles. The third kappa shape index (κ3) is 3.77. The zero-order valence-electron chi connectivity index (χ0n) is 12.4. The quantitative estimate of drug-likeness (QED) is 0.537. The largest absolute Gasteiger partial charge is 0.490 e. The second-order valence-electron chi connectivity index (χ2n) is 4.85. The van der Waals surface area contributed by atoms with Gasteiger partial charge in [0.25, 0.3) is 0 Å². The summed E-state index contributed by atoms with van der Waals surface area (Å²) < 4.78 is 11.2. The van der Waals surface area contributed by atoms with Gasteiger partial charge in [0, 0.05) is 5.56 Å². The van der Waals surface area contributed by atoms with Gasteiger partial charge in [-0.25, -0.2) is 0 Å². The Morgan fingerprint density at radius 2 is 1.57 bits per heavy atom. The average Bonchev–Trinajstić information content (AvgIpc) is 3.09. The van der Waals surface area contributed by atoms with Gasteiger partial charge in [-0.05, 0) is 36.4 Å². The minimum Gasteiger partial charge on any atom is -0.490 e. The maximum atomic E-state index is 10.9. The maximum absolute atomic E-state index is 10.9. The molecular weight excluding hydrogens is 292 g/mol. The van der Waals surface area contributed by atoms with Crippen molar-refractivity contribution in [2.45, 2.75) is 0 Å². The van der Waals surface area contributed by atoms with E-state index in [4.69, 9.17) is 9.47 Å². The number of aldehydes is 1. The van der Waals surface area contributed by atoms with E-state index in [-0.39, 0.29) is 0 Å². The van der Waals surface area contributed by atoms with Crippen LogP contribution in [0.2, 0.25) is 0 Å². The molecule has 0 fully saturated rings. The van der Waals surface area contributed by atoms with Crippen LogP contribution in [-0.4, -0.2) is 29.7 Å². The molecule has 3 aromatic rings. The summed E-state index contributed by atoms with van der Waals surface area (Å²) in [4.78, 5) is 10.9. The number of H-pyrrole nitrogens is 1. The number of para-hydroxylation sites is 1. The first kappa shape index (κ1) is 14.8. The molecule has 0 bridgehead atoms. The van der Waals surface area contributed by atoms with Crippen molar-refractivity contribution in [2.24, 2.45) is 0 Å². The zero-order chi connectivity index (χ0) is 15.9. The van der Waals surface area contributed by atoms with Crippen LogP contribution in [0.3, 0.4) is 0 Å². The standard InChI is InChI=1S/C18H16N2O3/c21-13-15-12-19-20-18(15)14-6-8-17(9-7-14)23-11-10-22-16-4-2-1-3-5-16/h1-9,12-13H,10-11H2,(H,19,20). The molecule has 0 aliphatic rings. The van der Waals surface area contributed by atoms with Gasteiger partial charge in [0.1, 0.15) is 24.7 Å². The van der Waals surface area contributed by atoms with E-state index in [9.17, 15) is 4.79 Å². The van der Waals surface area contributed by atoms with E-state index in [1.807, 2.05) is 54.6 Å². The van der Waals surface area contributed by atoms with Crippen molar-refractivity contribution in [2.75, 3.05) is 13.2 Å². The Morgan fingerprint density at radius 1 is 0.913 bits per heavy atom. The number of rotatable bonds is 7. The Bertz CT molecular complexity index is 751. The van der Waals surface area contributed by atoms with Gasteiger partial charge < -0.3 is 9.47 Å². The van der Waals surface area contributed by atoms with Gasteiger partial charge in [-0.3, -0.25) is 9.89 Å². The Balaban J connectivity index is 1.53. The molecule has 0 saturated carbocycles. The smallest absolute Gasteiger partial charge is 0.153 e. The summed E-state index contributed by atoms with van der Waals surface area (Å²) in [6, 6.07) is 17.1. The summed E-state index contributed by atoms with van der Waals surface area (Å²) in [5, 5.41) is 6.70. The van der Waals surface area contributed by atoms with Gasteiger partial charge in [0.05, 0.1) is 17.5 Å². The van der Waals surface area contributed by atoms with Crippen molar-refractivity contribution in [3.05, 3.63) is 66.4 Å². The highest BCUT2D eigenvalue weighted by Crippen LogP contribution is 2.22. The first-order valence-corrected chi connectivity index (χ1v) is 7.26. The number of aromatic amines is 1. The minimum absolute atomic E-state index is 0.456. The highest BCUT2D eigenvalue weighted by Gasteiger charge is 2.06. The Kier molecular flexibility index (Phi) is 4.69. The van der Waals surface area contributed by atoms with E-state index < -0.39 is 0 Å². The molecule has 23 heavy (non-hydrogen) atoms. The molecule has 0 aliphatic carbocycles. The van der Waals surface area contributed by atoms with Crippen LogP contribution in [-0.2, 0) is 0 Å². The summed E-state index contributed by atoms with van der Waals surface area (Å²) in [5.74, 6) is 1.57. The maximum Gasteiger partial charge on any atom is 0.153 e. The molecule has 0 amide bonds. The van der Waals surface area contributed by atoms with Crippen LogP contribution in [0.1, 0.15) is 10.4 Å². The van der Waals surface area contributed by atoms with Crippen molar-refractivity contribution in [1.29, 1.82) is 0 Å². The van der Waals surface area contributed by atoms with Crippen molar-refractivity contribution < 1.29 is 14.3 Å². The molecule has 0 spiro atoms. The third-order valence-electron chi connectivity index (χ3n) is 3.30. The van der Waals surface area contributed by atoms with Crippen LogP contribution in [0.5, 0.6) is 11.5 Å². The monoisotopic (exact) mass is 308 g/mol. The van der Waals surface area contributed by atoms with Crippen molar-refractivity contribution in [1.82, 2.24) is 10.2 Å². The zero-order valence-corrected chi connectivity index (χ0v) is 12.4. The molecule has 116 valence electrons. The summed E-state index contributed by atoms with van der Waals surface area (Å²) >= 11 is 0. The molecule has 0 atom stereocenters. The molecule has 0 unspecified atom stereocenters. The molecule has 0 aliphatic heterocycles. The van der Waals surface area contributed by atoms with Crippen molar-refractivity contribution >= 4 is 6.29 Å². The fraction of sp³-hybridized carbons (Fsp3) is 0.111. The first-order chi connectivity index (χ1) is 11.4. The van der Waals surface area contributed by atoms with Crippen LogP contribution < -0.4 is 9.47 Å². The summed E-state index contributed by atoms with van der Waals surface area (Å²) in [6.07, 6.45) is 2.29. The first-order valence-electron chi connectivity index (χ1n) is 7.26. The molecule has 1 N–H and O–H groups in total. The number of carbonyl (C=O) groups is 1. The SMILES string of the molecule is O=Cc1cn[nH]c1-c1ccc(OCCOc2ccccc2)cc1. The number of hydrogen-bond acceptors (Lipinski definition) is 4. The number of carbonyl (C=O) groups excluding carboxylic acids is 1. The topological polar surface area (TPSA) is 64.2 Å². The predicted molar refractivity (Wildman–Crippen MR) is 86.8 cm³/mol. The minimum atomic E-state index is 0.456. The van der Waals surface area contributed by atoms with E-state index in [1.54, 1.807) is 0 Å². The van der Waals surface area contributed by atoms with Gasteiger partial charge in [-0.2, -0.15) is 5.10 Å². The highest BCUT2D eigenvalue weighted by atomic mass is 16.5. The Hall–Kier alpha value is -3.08. The average molecular weight is 308 g/mol. The van der Waals surface area contributed by atoms with Gasteiger partial charge in [0.2, 0.25) is 0 Å². The van der Waals surface area contributed by atoms with E-state index in [0.717, 1.165) is 23.3 Å². The van der Waals surface area contributed by atoms with Crippen LogP contribution in [0, 0.1) is 0 Å². The lowest BCUT2D eigenvalue weighted by atomic mass is 10.1. The molecular formula is C18H16N2O3. The van der Waals surface area contributed by atoms with E-state index in [0.29, 0.717) is 24.5 Å². The van der Waals surface area contributed by atoms with Crippen molar-refractivity contribution in [3.8, 4) is 22.8 Å². The fourth-order valence-electron chi connectivity index (χ4n) is 2.17. The van der Waals surface area contributed by atoms with E-state index in [2.05, 4.69) is 10.2 Å². The predicted octanol–water partition coefficient (Wildman–Crippen LogP) is 3.35. The molecule has 0 radical (unpaired) electrons. The molecule has 0 saturated heterocycles. The number of ether oxygens (including phenoxy) is 2. The Morgan fingerprint density at radius 3 is 2.22 bits per heavy atom. The molecule has 5 heteroatoms. The lowest BCUT2D eigenvalue weighted by Gasteiger charge is -2.08. The second kappa shape index (κ2) is 7.26. The number of nitrogens with zero attached hydrogens (tertiary/aromatic N) is 1. The van der Waals surface area contributed by atoms with E-state index in [1.165, 1.54) is 6.20 Å². The van der Waals surface area contributed by atoms with Gasteiger partial charge >= 0.3 is 0 Å². The van der Waals surface area contributed by atoms with E-state index >= 15 is 0 Å². The molecule has 5 nitrogen and oxygen atoms in total. The molecule has 1 aromatic heterocycles. The highest BCUT2D eigenvalue weighted by molar-refractivity contribution is 5.85. The van der Waals surface area contributed by atoms with Crippen LogP contribution in [0.15, 0.2) is 60.8 Å². The second-order valence-corrected chi connectivity index (χ2v) is 4.85. The molecule has 3 rings (SSSR count). The number of nitrogens with one attached hydrogen (secondary N) is 1. The third-order valence-corrected chi connectivity index (χ3v) is 3.30. The summed E-state index contributed by atoms with van der Waals surface area (Å²) in [6.45, 7) is 0.930. The van der Waals surface area contributed by atoms with Crippen molar-refractivity contribution in [3.63, 3.8) is 0 Å². The lowest BCUT2D eigenvalue weighted by Crippen LogP contribution is -2.08. The Labute approximate surface area is 133 Å². The fourth-order valence-corrected chi connectivity index (χ4v) is 2.17. The van der Waals surface area contributed by atoms with Gasteiger partial charge in [-0.15, -0.1) is 0 Å². The summed E-state index contributed by atoms with van der Waals surface area (Å²) in [7, 11) is 0. The summed E-state index contributed by atoms with van der Waals surface area (Å²) in [5.41, 5.74) is 2.13.